The van der Waals surface area contributed by atoms with E-state index >= 15 is 0 Å². The molecule has 0 bridgehead atoms. The minimum Gasteiger partial charge on any atom is -0.480 e. The maximum Gasteiger partial charge on any atom is 0.326 e. The maximum atomic E-state index is 13.1. The third kappa shape index (κ3) is 7.61. The van der Waals surface area contributed by atoms with Crippen molar-refractivity contribution in [2.75, 3.05) is 6.54 Å². The van der Waals surface area contributed by atoms with Crippen molar-refractivity contribution >= 4 is 29.6 Å². The molecule has 2 heterocycles. The molecule has 1 aliphatic heterocycles. The van der Waals surface area contributed by atoms with Gasteiger partial charge in [0, 0.05) is 31.3 Å². The Labute approximate surface area is 213 Å². The lowest BCUT2D eigenvalue weighted by molar-refractivity contribution is -0.143. The Kier molecular flexibility index (Phi) is 9.33. The first-order chi connectivity index (χ1) is 17.7. The van der Waals surface area contributed by atoms with Crippen molar-refractivity contribution in [2.45, 2.75) is 56.3 Å². The number of benzene rings is 1. The summed E-state index contributed by atoms with van der Waals surface area (Å²) >= 11 is 0. The number of imidazole rings is 1. The minimum atomic E-state index is -1.42. The number of hydrogen-bond donors (Lipinski definition) is 6. The summed E-state index contributed by atoms with van der Waals surface area (Å²) in [6.45, 7) is 0.304. The van der Waals surface area contributed by atoms with Crippen molar-refractivity contribution in [3.63, 3.8) is 0 Å². The summed E-state index contributed by atoms with van der Waals surface area (Å²) in [6.07, 6.45) is 3.56. The van der Waals surface area contributed by atoms with Crippen molar-refractivity contribution < 1.29 is 29.1 Å². The van der Waals surface area contributed by atoms with E-state index in [2.05, 4.69) is 20.6 Å². The number of rotatable bonds is 12. The number of hydrogen-bond acceptors (Lipinski definition) is 7. The number of carboxylic acid groups (broad SMARTS) is 1. The van der Waals surface area contributed by atoms with Gasteiger partial charge in [0.05, 0.1) is 18.8 Å². The molecule has 0 saturated carbocycles. The Morgan fingerprint density at radius 1 is 1.11 bits per heavy atom. The van der Waals surface area contributed by atoms with Gasteiger partial charge in [-0.3, -0.25) is 19.2 Å². The number of carbonyl (C=O) groups is 5. The molecule has 4 unspecified atom stereocenters. The monoisotopic (exact) mass is 513 g/mol. The fraction of sp³-hybridized carbons (Fsp3) is 0.417. The Bertz CT molecular complexity index is 1110. The van der Waals surface area contributed by atoms with Crippen LogP contribution in [0.15, 0.2) is 42.9 Å². The van der Waals surface area contributed by atoms with Gasteiger partial charge in [-0.05, 0) is 18.4 Å². The van der Waals surface area contributed by atoms with Gasteiger partial charge in [-0.2, -0.15) is 0 Å². The highest BCUT2D eigenvalue weighted by molar-refractivity contribution is 5.96. The van der Waals surface area contributed by atoms with E-state index < -0.39 is 60.2 Å². The van der Waals surface area contributed by atoms with Crippen LogP contribution in [-0.2, 0) is 36.8 Å². The number of primary amides is 1. The van der Waals surface area contributed by atoms with E-state index in [1.807, 2.05) is 0 Å². The number of likely N-dealkylation sites (tertiary alicyclic amines) is 1. The van der Waals surface area contributed by atoms with Crippen molar-refractivity contribution in [3.05, 3.63) is 54.1 Å². The molecule has 1 aliphatic rings. The molecule has 8 N–H and O–H groups in total. The molecular weight excluding hydrogens is 482 g/mol. The Balaban J connectivity index is 1.66. The van der Waals surface area contributed by atoms with Crippen LogP contribution in [0.4, 0.5) is 0 Å². The fourth-order valence-corrected chi connectivity index (χ4v) is 4.24. The quantitative estimate of drug-likeness (QED) is 0.195. The number of aromatic amines is 1. The van der Waals surface area contributed by atoms with Gasteiger partial charge in [0.1, 0.15) is 18.1 Å². The Morgan fingerprint density at radius 3 is 2.46 bits per heavy atom. The summed E-state index contributed by atoms with van der Waals surface area (Å²) in [5.74, 6) is -4.10. The van der Waals surface area contributed by atoms with Gasteiger partial charge in [-0.15, -0.1) is 0 Å². The van der Waals surface area contributed by atoms with E-state index in [-0.39, 0.29) is 12.8 Å². The number of aliphatic carboxylic acids is 1. The largest absolute Gasteiger partial charge is 0.480 e. The Hall–Kier alpha value is -4.26. The first-order valence-electron chi connectivity index (χ1n) is 11.8. The van der Waals surface area contributed by atoms with E-state index in [1.165, 1.54) is 11.2 Å². The zero-order valence-corrected chi connectivity index (χ0v) is 20.1. The van der Waals surface area contributed by atoms with Gasteiger partial charge in [0.2, 0.25) is 23.6 Å². The number of carbonyl (C=O) groups excluding carboxylic acids is 4. The molecule has 4 amide bonds. The molecule has 13 nitrogen and oxygen atoms in total. The zero-order valence-electron chi connectivity index (χ0n) is 20.1. The second-order valence-electron chi connectivity index (χ2n) is 8.90. The predicted octanol–water partition coefficient (Wildman–Crippen LogP) is -1.56. The molecule has 1 aromatic heterocycles. The number of nitrogens with one attached hydrogen (secondary N) is 3. The van der Waals surface area contributed by atoms with Gasteiger partial charge in [-0.1, -0.05) is 30.3 Å². The number of carboxylic acids is 1. The maximum absolute atomic E-state index is 13.1. The third-order valence-electron chi connectivity index (χ3n) is 6.09. The second kappa shape index (κ2) is 12.6. The molecule has 13 heteroatoms. The highest BCUT2D eigenvalue weighted by Crippen LogP contribution is 2.19. The van der Waals surface area contributed by atoms with E-state index in [9.17, 15) is 29.1 Å². The summed E-state index contributed by atoms with van der Waals surface area (Å²) in [4.78, 5) is 70.5. The van der Waals surface area contributed by atoms with E-state index in [0.717, 1.165) is 0 Å². The fourth-order valence-electron chi connectivity index (χ4n) is 4.24. The molecule has 37 heavy (non-hydrogen) atoms. The number of nitrogens with zero attached hydrogens (tertiary/aromatic N) is 2. The molecule has 0 radical (unpaired) electrons. The molecular formula is C24H31N7O6. The average molecular weight is 514 g/mol. The molecule has 0 spiro atoms. The predicted molar refractivity (Wildman–Crippen MR) is 130 cm³/mol. The third-order valence-corrected chi connectivity index (χ3v) is 6.09. The van der Waals surface area contributed by atoms with Crippen LogP contribution in [0, 0.1) is 0 Å². The standard InChI is InChI=1S/C24H31N7O6/c25-16(10-15-12-27-13-28-15)23(35)31-8-4-7-19(31)22(34)29-17(11-20(26)32)21(33)30-18(24(36)37)9-14-5-2-1-3-6-14/h1-3,5-6,12-13,16-19H,4,7-11,25H2,(H2,26,32)(H,27,28)(H,29,34)(H,30,33)(H,36,37). The van der Waals surface area contributed by atoms with Gasteiger partial charge < -0.3 is 37.1 Å². The first kappa shape index (κ1) is 27.3. The van der Waals surface area contributed by atoms with Crippen molar-refractivity contribution in [2.24, 2.45) is 11.5 Å². The lowest BCUT2D eigenvalue weighted by Gasteiger charge is -2.28. The molecule has 0 aliphatic carbocycles. The molecule has 198 valence electrons. The lowest BCUT2D eigenvalue weighted by Crippen LogP contribution is -2.57. The van der Waals surface area contributed by atoms with Gasteiger partial charge in [-0.25, -0.2) is 9.78 Å². The van der Waals surface area contributed by atoms with Gasteiger partial charge in [0.25, 0.3) is 0 Å². The molecule has 3 rings (SSSR count). The molecule has 1 fully saturated rings. The van der Waals surface area contributed by atoms with Crippen molar-refractivity contribution in [1.82, 2.24) is 25.5 Å². The topological polar surface area (TPSA) is 214 Å². The zero-order chi connectivity index (χ0) is 26.9. The van der Waals surface area contributed by atoms with Crippen LogP contribution in [0.1, 0.15) is 30.5 Å². The smallest absolute Gasteiger partial charge is 0.326 e. The SMILES string of the molecule is NC(=O)CC(NC(=O)C1CCCN1C(=O)C(N)Cc1cnc[nH]1)C(=O)NC(Cc1ccccc1)C(=O)O. The number of amides is 4. The molecule has 2 aromatic rings. The van der Waals surface area contributed by atoms with Gasteiger partial charge in [0.15, 0.2) is 0 Å². The molecule has 1 aromatic carbocycles. The first-order valence-corrected chi connectivity index (χ1v) is 11.8. The van der Waals surface area contributed by atoms with Crippen LogP contribution in [-0.4, -0.2) is 80.3 Å². The van der Waals surface area contributed by atoms with Gasteiger partial charge >= 0.3 is 5.97 Å². The van der Waals surface area contributed by atoms with Crippen LogP contribution in [0.25, 0.3) is 0 Å². The molecule has 4 atom stereocenters. The van der Waals surface area contributed by atoms with Crippen LogP contribution in [0.2, 0.25) is 0 Å². The number of aromatic nitrogens is 2. The minimum absolute atomic E-state index is 0.00171. The number of nitrogens with two attached hydrogens (primary N) is 2. The van der Waals surface area contributed by atoms with E-state index in [1.54, 1.807) is 36.5 Å². The summed E-state index contributed by atoms with van der Waals surface area (Å²) in [6, 6.07) is 4.16. The van der Waals surface area contributed by atoms with E-state index in [4.69, 9.17) is 11.5 Å². The normalized spacial score (nSPS) is 17.4. The van der Waals surface area contributed by atoms with Crippen molar-refractivity contribution in [1.29, 1.82) is 0 Å². The Morgan fingerprint density at radius 2 is 1.84 bits per heavy atom. The second-order valence-corrected chi connectivity index (χ2v) is 8.90. The highest BCUT2D eigenvalue weighted by Gasteiger charge is 2.38. The van der Waals surface area contributed by atoms with E-state index in [0.29, 0.717) is 30.6 Å². The van der Waals surface area contributed by atoms with Crippen LogP contribution >= 0.6 is 0 Å². The average Bonchev–Trinajstić information content (AvgIpc) is 3.55. The summed E-state index contributed by atoms with van der Waals surface area (Å²) in [5, 5.41) is 14.4. The molecule has 1 saturated heterocycles. The van der Waals surface area contributed by atoms with Crippen molar-refractivity contribution in [3.8, 4) is 0 Å². The van der Waals surface area contributed by atoms with Crippen LogP contribution in [0.5, 0.6) is 0 Å². The summed E-state index contributed by atoms with van der Waals surface area (Å²) in [7, 11) is 0. The van der Waals surface area contributed by atoms with Crippen LogP contribution < -0.4 is 22.1 Å². The highest BCUT2D eigenvalue weighted by atomic mass is 16.4. The summed E-state index contributed by atoms with van der Waals surface area (Å²) < 4.78 is 0. The lowest BCUT2D eigenvalue weighted by atomic mass is 10.0. The number of H-pyrrole nitrogens is 1. The summed E-state index contributed by atoms with van der Waals surface area (Å²) in [5.41, 5.74) is 12.7. The van der Waals surface area contributed by atoms with Crippen LogP contribution in [0.3, 0.4) is 0 Å².